The molecule has 0 spiro atoms. The van der Waals surface area contributed by atoms with Crippen LogP contribution in [-0.4, -0.2) is 16.9 Å². The lowest BCUT2D eigenvalue weighted by molar-refractivity contribution is -0.384. The smallest absolute Gasteiger partial charge is 0.293 e. The van der Waals surface area contributed by atoms with Crippen molar-refractivity contribution in [1.29, 1.82) is 0 Å². The van der Waals surface area contributed by atoms with Crippen LogP contribution in [0, 0.1) is 16.0 Å². The highest BCUT2D eigenvalue weighted by atomic mass is 16.6. The van der Waals surface area contributed by atoms with Crippen molar-refractivity contribution in [2.24, 2.45) is 11.8 Å². The SMILES string of the molecule is CCCC1CC1NC(=O)c1ccc([N+](=O)[O-])c(NN)c1. The van der Waals surface area contributed by atoms with Gasteiger partial charge in [0.15, 0.2) is 0 Å². The molecule has 1 aliphatic rings. The monoisotopic (exact) mass is 278 g/mol. The van der Waals surface area contributed by atoms with Gasteiger partial charge >= 0.3 is 0 Å². The summed E-state index contributed by atoms with van der Waals surface area (Å²) in [6, 6.07) is 4.34. The molecule has 0 aromatic heterocycles. The molecule has 0 saturated heterocycles. The van der Waals surface area contributed by atoms with E-state index in [2.05, 4.69) is 17.7 Å². The van der Waals surface area contributed by atoms with Gasteiger partial charge in [0.2, 0.25) is 0 Å². The van der Waals surface area contributed by atoms with E-state index in [1.54, 1.807) is 0 Å². The van der Waals surface area contributed by atoms with Crippen molar-refractivity contribution < 1.29 is 9.72 Å². The van der Waals surface area contributed by atoms with Crippen LogP contribution in [0.4, 0.5) is 11.4 Å². The lowest BCUT2D eigenvalue weighted by atomic mass is 10.1. The molecule has 0 heterocycles. The lowest BCUT2D eigenvalue weighted by Gasteiger charge is -2.07. The number of nitro benzene ring substituents is 1. The van der Waals surface area contributed by atoms with Crippen molar-refractivity contribution in [3.05, 3.63) is 33.9 Å². The molecule has 20 heavy (non-hydrogen) atoms. The molecule has 2 unspecified atom stereocenters. The third-order valence-corrected chi connectivity index (χ3v) is 3.51. The Kier molecular flexibility index (Phi) is 4.19. The van der Waals surface area contributed by atoms with E-state index >= 15 is 0 Å². The lowest BCUT2D eigenvalue weighted by Crippen LogP contribution is -2.27. The molecular weight excluding hydrogens is 260 g/mol. The molecule has 0 aliphatic heterocycles. The zero-order valence-electron chi connectivity index (χ0n) is 11.3. The van der Waals surface area contributed by atoms with Crippen molar-refractivity contribution in [1.82, 2.24) is 5.32 Å². The van der Waals surface area contributed by atoms with E-state index in [9.17, 15) is 14.9 Å². The molecule has 7 nitrogen and oxygen atoms in total. The quantitative estimate of drug-likeness (QED) is 0.417. The van der Waals surface area contributed by atoms with Crippen molar-refractivity contribution in [3.63, 3.8) is 0 Å². The summed E-state index contributed by atoms with van der Waals surface area (Å²) >= 11 is 0. The second kappa shape index (κ2) is 5.87. The Morgan fingerprint density at radius 3 is 2.90 bits per heavy atom. The number of nitrogens with two attached hydrogens (primary N) is 1. The van der Waals surface area contributed by atoms with Gasteiger partial charge in [0.1, 0.15) is 5.69 Å². The fourth-order valence-corrected chi connectivity index (χ4v) is 2.32. The van der Waals surface area contributed by atoms with Gasteiger partial charge in [0, 0.05) is 17.7 Å². The largest absolute Gasteiger partial charge is 0.349 e. The van der Waals surface area contributed by atoms with E-state index in [0.717, 1.165) is 19.3 Å². The Hall–Kier alpha value is -2.15. The second-order valence-electron chi connectivity index (χ2n) is 5.00. The average molecular weight is 278 g/mol. The summed E-state index contributed by atoms with van der Waals surface area (Å²) in [5.41, 5.74) is 2.59. The highest BCUT2D eigenvalue weighted by Gasteiger charge is 2.37. The zero-order valence-corrected chi connectivity index (χ0v) is 11.3. The number of rotatable bonds is 6. The van der Waals surface area contributed by atoms with Gasteiger partial charge in [-0.05, 0) is 30.9 Å². The number of anilines is 1. The topological polar surface area (TPSA) is 110 Å². The van der Waals surface area contributed by atoms with E-state index in [-0.39, 0.29) is 23.3 Å². The second-order valence-corrected chi connectivity index (χ2v) is 5.00. The maximum Gasteiger partial charge on any atom is 0.293 e. The molecule has 108 valence electrons. The Labute approximate surface area is 116 Å². The van der Waals surface area contributed by atoms with Gasteiger partial charge in [-0.15, -0.1) is 0 Å². The molecule has 2 rings (SSSR count). The Bertz CT molecular complexity index is 532. The molecule has 7 heteroatoms. The minimum Gasteiger partial charge on any atom is -0.349 e. The molecule has 1 aromatic carbocycles. The first kappa shape index (κ1) is 14.3. The van der Waals surface area contributed by atoms with E-state index in [4.69, 9.17) is 5.84 Å². The number of hydrogen-bond donors (Lipinski definition) is 3. The number of amides is 1. The highest BCUT2D eigenvalue weighted by Crippen LogP contribution is 2.35. The van der Waals surface area contributed by atoms with E-state index < -0.39 is 4.92 Å². The fourth-order valence-electron chi connectivity index (χ4n) is 2.32. The summed E-state index contributed by atoms with van der Waals surface area (Å²) in [6.45, 7) is 2.12. The van der Waals surface area contributed by atoms with Crippen LogP contribution < -0.4 is 16.6 Å². The molecule has 2 atom stereocenters. The maximum atomic E-state index is 12.0. The van der Waals surface area contributed by atoms with Gasteiger partial charge < -0.3 is 10.7 Å². The molecule has 1 saturated carbocycles. The summed E-state index contributed by atoms with van der Waals surface area (Å²) in [5.74, 6) is 5.59. The predicted octanol–water partition coefficient (Wildman–Crippen LogP) is 1.80. The van der Waals surface area contributed by atoms with Gasteiger partial charge in [-0.3, -0.25) is 20.8 Å². The van der Waals surface area contributed by atoms with Crippen molar-refractivity contribution >= 4 is 17.3 Å². The highest BCUT2D eigenvalue weighted by molar-refractivity contribution is 5.96. The van der Waals surface area contributed by atoms with Gasteiger partial charge in [-0.1, -0.05) is 13.3 Å². The molecule has 0 bridgehead atoms. The van der Waals surface area contributed by atoms with Crippen LogP contribution in [0.2, 0.25) is 0 Å². The Balaban J connectivity index is 2.05. The predicted molar refractivity (Wildman–Crippen MR) is 75.2 cm³/mol. The molecule has 1 aliphatic carbocycles. The summed E-state index contributed by atoms with van der Waals surface area (Å²) < 4.78 is 0. The number of nitrogen functional groups attached to an aromatic ring is 1. The van der Waals surface area contributed by atoms with Crippen LogP contribution >= 0.6 is 0 Å². The van der Waals surface area contributed by atoms with Crippen molar-refractivity contribution in [2.45, 2.75) is 32.2 Å². The van der Waals surface area contributed by atoms with Crippen LogP contribution in [0.3, 0.4) is 0 Å². The van der Waals surface area contributed by atoms with Crippen LogP contribution in [-0.2, 0) is 0 Å². The normalized spacial score (nSPS) is 20.3. The summed E-state index contributed by atoms with van der Waals surface area (Å²) in [7, 11) is 0. The summed E-state index contributed by atoms with van der Waals surface area (Å²) in [6.07, 6.45) is 3.23. The number of nitro groups is 1. The first-order valence-electron chi connectivity index (χ1n) is 6.62. The molecular formula is C13H18N4O3. The third kappa shape index (κ3) is 3.05. The molecule has 0 radical (unpaired) electrons. The molecule has 1 fully saturated rings. The fraction of sp³-hybridized carbons (Fsp3) is 0.462. The van der Waals surface area contributed by atoms with Crippen LogP contribution in [0.1, 0.15) is 36.5 Å². The number of hydrogen-bond acceptors (Lipinski definition) is 5. The van der Waals surface area contributed by atoms with Crippen LogP contribution in [0.15, 0.2) is 18.2 Å². The minimum absolute atomic E-state index is 0.128. The first-order valence-corrected chi connectivity index (χ1v) is 6.62. The summed E-state index contributed by atoms with van der Waals surface area (Å²) in [5, 5.41) is 13.7. The first-order chi connectivity index (χ1) is 9.56. The van der Waals surface area contributed by atoms with Crippen LogP contribution in [0.5, 0.6) is 0 Å². The zero-order chi connectivity index (χ0) is 14.7. The Morgan fingerprint density at radius 1 is 1.55 bits per heavy atom. The van der Waals surface area contributed by atoms with Gasteiger partial charge in [0.05, 0.1) is 4.92 Å². The van der Waals surface area contributed by atoms with Gasteiger partial charge in [0.25, 0.3) is 11.6 Å². The molecule has 1 aromatic rings. The third-order valence-electron chi connectivity index (χ3n) is 3.51. The number of nitrogens with one attached hydrogen (secondary N) is 2. The molecule has 1 amide bonds. The van der Waals surface area contributed by atoms with Gasteiger partial charge in [-0.2, -0.15) is 0 Å². The number of carbonyl (C=O) groups excluding carboxylic acids is 1. The van der Waals surface area contributed by atoms with Gasteiger partial charge in [-0.25, -0.2) is 0 Å². The van der Waals surface area contributed by atoms with Crippen LogP contribution in [0.25, 0.3) is 0 Å². The number of carbonyl (C=O) groups is 1. The number of hydrazine groups is 1. The standard InChI is InChI=1S/C13H18N4O3/c1-2-3-8-6-10(8)15-13(18)9-4-5-12(17(19)20)11(7-9)16-14/h4-5,7-8,10,16H,2-3,6,14H2,1H3,(H,15,18). The number of benzene rings is 1. The van der Waals surface area contributed by atoms with E-state index in [1.807, 2.05) is 0 Å². The minimum atomic E-state index is -0.547. The molecule has 4 N–H and O–H groups in total. The van der Waals surface area contributed by atoms with Crippen molar-refractivity contribution in [2.75, 3.05) is 5.43 Å². The van der Waals surface area contributed by atoms with E-state index in [0.29, 0.717) is 11.5 Å². The van der Waals surface area contributed by atoms with Crippen molar-refractivity contribution in [3.8, 4) is 0 Å². The Morgan fingerprint density at radius 2 is 2.30 bits per heavy atom. The number of nitrogens with zero attached hydrogens (tertiary/aromatic N) is 1. The van der Waals surface area contributed by atoms with E-state index in [1.165, 1.54) is 18.2 Å². The maximum absolute atomic E-state index is 12.0. The average Bonchev–Trinajstić information content (AvgIpc) is 3.16. The summed E-state index contributed by atoms with van der Waals surface area (Å²) in [4.78, 5) is 22.3.